The number of likely N-dealkylation sites (tertiary alicyclic amines) is 1. The molecule has 0 aliphatic carbocycles. The van der Waals surface area contributed by atoms with E-state index in [2.05, 4.69) is 11.4 Å². The average Bonchev–Trinajstić information content (AvgIpc) is 2.84. The Morgan fingerprint density at radius 1 is 1.52 bits per heavy atom. The van der Waals surface area contributed by atoms with Crippen molar-refractivity contribution in [1.29, 1.82) is 5.26 Å². The zero-order valence-corrected chi connectivity index (χ0v) is 12.1. The molecule has 1 aromatic carbocycles. The number of carbonyl (C=O) groups is 1. The van der Waals surface area contributed by atoms with Gasteiger partial charge >= 0.3 is 0 Å². The lowest BCUT2D eigenvalue weighted by molar-refractivity contribution is -0.131. The topological polar surface area (TPSA) is 65.4 Å². The van der Waals surface area contributed by atoms with Crippen LogP contribution < -0.4 is 10.1 Å². The van der Waals surface area contributed by atoms with Gasteiger partial charge in [-0.1, -0.05) is 6.07 Å². The number of piperidine rings is 1. The summed E-state index contributed by atoms with van der Waals surface area (Å²) in [4.78, 5) is 14.3. The third-order valence-electron chi connectivity index (χ3n) is 4.39. The number of benzene rings is 1. The Bertz CT molecular complexity index is 594. The summed E-state index contributed by atoms with van der Waals surface area (Å²) < 4.78 is 5.15. The molecule has 1 N–H and O–H groups in total. The first-order chi connectivity index (χ1) is 10.2. The molecule has 2 unspecified atom stereocenters. The zero-order valence-electron chi connectivity index (χ0n) is 12.1. The summed E-state index contributed by atoms with van der Waals surface area (Å²) in [7, 11) is 1.55. The monoisotopic (exact) mass is 285 g/mol. The second-order valence-corrected chi connectivity index (χ2v) is 5.67. The SMILES string of the molecule is COc1ccc(CN2CC3NCCCC3C2=O)cc1C#N. The number of rotatable bonds is 3. The number of nitrogens with zero attached hydrogens (tertiary/aromatic N) is 2. The van der Waals surface area contributed by atoms with Gasteiger partial charge in [0.1, 0.15) is 11.8 Å². The van der Waals surface area contributed by atoms with E-state index in [1.807, 2.05) is 17.0 Å². The summed E-state index contributed by atoms with van der Waals surface area (Å²) in [6.07, 6.45) is 2.06. The predicted octanol–water partition coefficient (Wildman–Crippen LogP) is 1.28. The molecule has 2 aliphatic rings. The van der Waals surface area contributed by atoms with Crippen LogP contribution in [0.5, 0.6) is 5.75 Å². The van der Waals surface area contributed by atoms with Gasteiger partial charge in [0, 0.05) is 19.1 Å². The Balaban J connectivity index is 1.75. The minimum Gasteiger partial charge on any atom is -0.495 e. The van der Waals surface area contributed by atoms with Gasteiger partial charge in [0.2, 0.25) is 5.91 Å². The van der Waals surface area contributed by atoms with Gasteiger partial charge in [0.15, 0.2) is 0 Å². The number of hydrogen-bond donors (Lipinski definition) is 1. The Morgan fingerprint density at radius 3 is 3.10 bits per heavy atom. The van der Waals surface area contributed by atoms with E-state index >= 15 is 0 Å². The van der Waals surface area contributed by atoms with E-state index in [1.165, 1.54) is 0 Å². The molecule has 3 rings (SSSR count). The average molecular weight is 285 g/mol. The number of fused-ring (bicyclic) bond motifs is 1. The highest BCUT2D eigenvalue weighted by molar-refractivity contribution is 5.82. The van der Waals surface area contributed by atoms with Crippen LogP contribution in [0.1, 0.15) is 24.0 Å². The van der Waals surface area contributed by atoms with Crippen molar-refractivity contribution in [1.82, 2.24) is 10.2 Å². The lowest BCUT2D eigenvalue weighted by Crippen LogP contribution is -2.41. The normalized spacial score (nSPS) is 24.6. The number of carbonyl (C=O) groups excluding carboxylic acids is 1. The van der Waals surface area contributed by atoms with E-state index < -0.39 is 0 Å². The fraction of sp³-hybridized carbons (Fsp3) is 0.500. The minimum absolute atomic E-state index is 0.132. The summed E-state index contributed by atoms with van der Waals surface area (Å²) in [5.41, 5.74) is 1.48. The zero-order chi connectivity index (χ0) is 14.8. The molecule has 0 spiro atoms. The van der Waals surface area contributed by atoms with Gasteiger partial charge in [-0.3, -0.25) is 4.79 Å². The van der Waals surface area contributed by atoms with Crippen LogP contribution in [-0.4, -0.2) is 37.0 Å². The Hall–Kier alpha value is -2.06. The van der Waals surface area contributed by atoms with Crippen LogP contribution in [0.15, 0.2) is 18.2 Å². The number of hydrogen-bond acceptors (Lipinski definition) is 4. The predicted molar refractivity (Wildman–Crippen MR) is 77.6 cm³/mol. The lowest BCUT2D eigenvalue weighted by atomic mass is 9.94. The fourth-order valence-corrected chi connectivity index (χ4v) is 3.31. The van der Waals surface area contributed by atoms with Gasteiger partial charge in [0.25, 0.3) is 0 Å². The van der Waals surface area contributed by atoms with Crippen LogP contribution in [0.3, 0.4) is 0 Å². The smallest absolute Gasteiger partial charge is 0.227 e. The second-order valence-electron chi connectivity index (χ2n) is 5.67. The third kappa shape index (κ3) is 2.59. The quantitative estimate of drug-likeness (QED) is 0.908. The molecular weight excluding hydrogens is 266 g/mol. The Labute approximate surface area is 124 Å². The summed E-state index contributed by atoms with van der Waals surface area (Å²) in [5.74, 6) is 0.943. The number of nitrogens with one attached hydrogen (secondary N) is 1. The largest absolute Gasteiger partial charge is 0.495 e. The van der Waals surface area contributed by atoms with Crippen molar-refractivity contribution in [2.24, 2.45) is 5.92 Å². The summed E-state index contributed by atoms with van der Waals surface area (Å²) in [5, 5.41) is 12.6. The number of ether oxygens (including phenoxy) is 1. The van der Waals surface area contributed by atoms with Crippen LogP contribution in [0.2, 0.25) is 0 Å². The van der Waals surface area contributed by atoms with Crippen LogP contribution in [0.4, 0.5) is 0 Å². The molecule has 21 heavy (non-hydrogen) atoms. The molecule has 1 aromatic rings. The van der Waals surface area contributed by atoms with Crippen LogP contribution in [0, 0.1) is 17.2 Å². The van der Waals surface area contributed by atoms with Gasteiger partial charge in [-0.25, -0.2) is 0 Å². The van der Waals surface area contributed by atoms with Gasteiger partial charge in [-0.05, 0) is 37.1 Å². The van der Waals surface area contributed by atoms with E-state index in [9.17, 15) is 4.79 Å². The highest BCUT2D eigenvalue weighted by Gasteiger charge is 2.41. The maximum absolute atomic E-state index is 12.4. The van der Waals surface area contributed by atoms with E-state index in [-0.39, 0.29) is 11.8 Å². The molecule has 2 aliphatic heterocycles. The van der Waals surface area contributed by atoms with E-state index in [0.717, 1.165) is 31.5 Å². The van der Waals surface area contributed by atoms with Crippen molar-refractivity contribution < 1.29 is 9.53 Å². The molecule has 2 fully saturated rings. The maximum atomic E-state index is 12.4. The summed E-state index contributed by atoms with van der Waals surface area (Å²) >= 11 is 0. The minimum atomic E-state index is 0.132. The number of nitriles is 1. The first-order valence-corrected chi connectivity index (χ1v) is 7.32. The molecule has 0 bridgehead atoms. The first-order valence-electron chi connectivity index (χ1n) is 7.32. The standard InChI is InChI=1S/C16H19N3O2/c1-21-15-5-4-11(7-12(15)8-17)9-19-10-14-13(16(19)20)3-2-6-18-14/h4-5,7,13-14,18H,2-3,6,9-10H2,1H3. The van der Waals surface area contributed by atoms with Crippen LogP contribution in [-0.2, 0) is 11.3 Å². The number of methoxy groups -OCH3 is 1. The van der Waals surface area contributed by atoms with Gasteiger partial charge < -0.3 is 15.0 Å². The number of amides is 1. The van der Waals surface area contributed by atoms with Crippen molar-refractivity contribution >= 4 is 5.91 Å². The molecule has 0 radical (unpaired) electrons. The Morgan fingerprint density at radius 2 is 2.38 bits per heavy atom. The van der Waals surface area contributed by atoms with E-state index in [0.29, 0.717) is 23.9 Å². The molecule has 2 atom stereocenters. The summed E-state index contributed by atoms with van der Waals surface area (Å²) in [6.45, 7) is 2.33. The van der Waals surface area contributed by atoms with Crippen molar-refractivity contribution in [3.8, 4) is 11.8 Å². The van der Waals surface area contributed by atoms with Gasteiger partial charge in [-0.2, -0.15) is 5.26 Å². The molecule has 5 heteroatoms. The van der Waals surface area contributed by atoms with Crippen molar-refractivity contribution in [2.45, 2.75) is 25.4 Å². The molecule has 2 saturated heterocycles. The molecule has 0 saturated carbocycles. The second kappa shape index (κ2) is 5.74. The Kier molecular flexibility index (Phi) is 3.80. The summed E-state index contributed by atoms with van der Waals surface area (Å²) in [6, 6.07) is 7.94. The van der Waals surface area contributed by atoms with Gasteiger partial charge in [-0.15, -0.1) is 0 Å². The fourth-order valence-electron chi connectivity index (χ4n) is 3.31. The maximum Gasteiger partial charge on any atom is 0.227 e. The molecular formula is C16H19N3O2. The van der Waals surface area contributed by atoms with Crippen molar-refractivity contribution in [3.05, 3.63) is 29.3 Å². The van der Waals surface area contributed by atoms with E-state index in [1.54, 1.807) is 13.2 Å². The lowest BCUT2D eigenvalue weighted by Gasteiger charge is -2.23. The molecule has 0 aromatic heterocycles. The van der Waals surface area contributed by atoms with E-state index in [4.69, 9.17) is 10.00 Å². The third-order valence-corrected chi connectivity index (χ3v) is 4.39. The van der Waals surface area contributed by atoms with Crippen molar-refractivity contribution in [2.75, 3.05) is 20.2 Å². The highest BCUT2D eigenvalue weighted by atomic mass is 16.5. The molecule has 110 valence electrons. The van der Waals surface area contributed by atoms with Gasteiger partial charge in [0.05, 0.1) is 18.6 Å². The molecule has 5 nitrogen and oxygen atoms in total. The molecule has 2 heterocycles. The van der Waals surface area contributed by atoms with Crippen LogP contribution in [0.25, 0.3) is 0 Å². The van der Waals surface area contributed by atoms with Crippen LogP contribution >= 0.6 is 0 Å². The van der Waals surface area contributed by atoms with Crippen molar-refractivity contribution in [3.63, 3.8) is 0 Å². The highest BCUT2D eigenvalue weighted by Crippen LogP contribution is 2.28. The molecule has 1 amide bonds. The first kappa shape index (κ1) is 13.9.